The molecule has 1 aromatic carbocycles. The van der Waals surface area contributed by atoms with Gasteiger partial charge in [-0.15, -0.1) is 0 Å². The second kappa shape index (κ2) is 9.33. The number of pyridine rings is 2. The van der Waals surface area contributed by atoms with Crippen molar-refractivity contribution in [2.45, 2.75) is 6.18 Å². The van der Waals surface area contributed by atoms with Gasteiger partial charge in [0.25, 0.3) is 5.91 Å². The van der Waals surface area contributed by atoms with Crippen LogP contribution in [0.2, 0.25) is 0 Å². The molecule has 1 aliphatic rings. The zero-order valence-electron chi connectivity index (χ0n) is 19.1. The van der Waals surface area contributed by atoms with Crippen molar-refractivity contribution in [3.05, 3.63) is 78.3 Å². The highest BCUT2D eigenvalue weighted by Gasteiger charge is 2.31. The first-order valence-corrected chi connectivity index (χ1v) is 10.9. The van der Waals surface area contributed by atoms with E-state index in [2.05, 4.69) is 35.9 Å². The van der Waals surface area contributed by atoms with E-state index in [4.69, 9.17) is 0 Å². The Labute approximate surface area is 207 Å². The molecule has 0 spiro atoms. The lowest BCUT2D eigenvalue weighted by Crippen LogP contribution is -2.17. The van der Waals surface area contributed by atoms with E-state index in [1.165, 1.54) is 18.5 Å². The molecule has 1 amide bonds. The van der Waals surface area contributed by atoms with Crippen LogP contribution < -0.4 is 20.9 Å². The predicted octanol–water partition coefficient (Wildman–Crippen LogP) is 4.91. The van der Waals surface area contributed by atoms with E-state index in [1.807, 2.05) is 18.0 Å². The van der Waals surface area contributed by atoms with Crippen LogP contribution in [-0.4, -0.2) is 39.6 Å². The van der Waals surface area contributed by atoms with Gasteiger partial charge in [0, 0.05) is 30.7 Å². The van der Waals surface area contributed by atoms with Gasteiger partial charge in [-0.3, -0.25) is 9.78 Å². The number of rotatable bonds is 5. The molecule has 4 heterocycles. The van der Waals surface area contributed by atoms with Gasteiger partial charge in [0.1, 0.15) is 35.0 Å². The van der Waals surface area contributed by atoms with E-state index < -0.39 is 29.2 Å². The molecule has 0 saturated carbocycles. The minimum atomic E-state index is -4.65. The molecule has 0 saturated heterocycles. The molecule has 1 aliphatic heterocycles. The summed E-state index contributed by atoms with van der Waals surface area (Å²) in [6.45, 7) is 0.561. The summed E-state index contributed by atoms with van der Waals surface area (Å²) < 4.78 is 53.5. The molecule has 0 bridgehead atoms. The number of anilines is 5. The molecular formula is C24H18F4N8O. The molecular weight excluding hydrogens is 492 g/mol. The highest BCUT2D eigenvalue weighted by atomic mass is 19.4. The lowest BCUT2D eigenvalue weighted by Gasteiger charge is -2.16. The lowest BCUT2D eigenvalue weighted by molar-refractivity contribution is -0.137. The third-order valence-corrected chi connectivity index (χ3v) is 5.55. The smallest absolute Gasteiger partial charge is 0.352 e. The van der Waals surface area contributed by atoms with Gasteiger partial charge in [-0.25, -0.2) is 19.3 Å². The van der Waals surface area contributed by atoms with E-state index in [0.717, 1.165) is 24.0 Å². The van der Waals surface area contributed by atoms with Crippen molar-refractivity contribution >= 4 is 34.6 Å². The molecule has 13 heteroatoms. The SMILES string of the molecule is CN1CNc2ncnc(-c3cccnc3Nc3ccc(F)c(NC(=O)c4cc(C(F)(F)F)ccn4)c3)c21. The fraction of sp³-hybridized carbons (Fsp3) is 0.125. The van der Waals surface area contributed by atoms with Crippen molar-refractivity contribution in [3.63, 3.8) is 0 Å². The van der Waals surface area contributed by atoms with Crippen molar-refractivity contribution in [2.75, 3.05) is 34.6 Å². The third-order valence-electron chi connectivity index (χ3n) is 5.55. The highest BCUT2D eigenvalue weighted by molar-refractivity contribution is 6.03. The second-order valence-corrected chi connectivity index (χ2v) is 8.05. The van der Waals surface area contributed by atoms with E-state index in [9.17, 15) is 22.4 Å². The van der Waals surface area contributed by atoms with Gasteiger partial charge < -0.3 is 20.9 Å². The fourth-order valence-corrected chi connectivity index (χ4v) is 3.79. The van der Waals surface area contributed by atoms with Crippen LogP contribution in [0, 0.1) is 5.82 Å². The van der Waals surface area contributed by atoms with E-state index in [0.29, 0.717) is 41.3 Å². The molecule has 9 nitrogen and oxygen atoms in total. The van der Waals surface area contributed by atoms with Crippen LogP contribution in [0.3, 0.4) is 0 Å². The molecule has 0 fully saturated rings. The van der Waals surface area contributed by atoms with Crippen LogP contribution >= 0.6 is 0 Å². The van der Waals surface area contributed by atoms with Crippen molar-refractivity contribution < 1.29 is 22.4 Å². The number of benzene rings is 1. The number of carbonyl (C=O) groups excluding carboxylic acids is 1. The molecule has 3 aromatic heterocycles. The first-order valence-electron chi connectivity index (χ1n) is 10.9. The van der Waals surface area contributed by atoms with Crippen molar-refractivity contribution in [2.24, 2.45) is 0 Å². The Morgan fingerprint density at radius 1 is 1.05 bits per heavy atom. The van der Waals surface area contributed by atoms with Crippen LogP contribution in [0.25, 0.3) is 11.3 Å². The van der Waals surface area contributed by atoms with Gasteiger partial charge in [-0.2, -0.15) is 13.2 Å². The Kier molecular flexibility index (Phi) is 6.03. The topological polar surface area (TPSA) is 108 Å². The van der Waals surface area contributed by atoms with Crippen LogP contribution in [0.4, 0.5) is 46.3 Å². The maximum absolute atomic E-state index is 14.5. The molecule has 3 N–H and O–H groups in total. The maximum Gasteiger partial charge on any atom is 0.416 e. The first kappa shape index (κ1) is 23.9. The predicted molar refractivity (Wildman–Crippen MR) is 129 cm³/mol. The largest absolute Gasteiger partial charge is 0.416 e. The van der Waals surface area contributed by atoms with Gasteiger partial charge in [0.15, 0.2) is 5.82 Å². The number of fused-ring (bicyclic) bond motifs is 1. The van der Waals surface area contributed by atoms with Crippen molar-refractivity contribution in [1.29, 1.82) is 0 Å². The van der Waals surface area contributed by atoms with Crippen molar-refractivity contribution in [1.82, 2.24) is 19.9 Å². The van der Waals surface area contributed by atoms with Gasteiger partial charge in [0.2, 0.25) is 0 Å². The number of hydrogen-bond donors (Lipinski definition) is 3. The van der Waals surface area contributed by atoms with Gasteiger partial charge in [-0.1, -0.05) is 0 Å². The number of nitrogens with one attached hydrogen (secondary N) is 3. The number of carbonyl (C=O) groups is 1. The number of halogens is 4. The van der Waals surface area contributed by atoms with Crippen LogP contribution in [0.5, 0.6) is 0 Å². The molecule has 188 valence electrons. The summed E-state index contributed by atoms with van der Waals surface area (Å²) >= 11 is 0. The Morgan fingerprint density at radius 3 is 2.70 bits per heavy atom. The van der Waals surface area contributed by atoms with Crippen LogP contribution in [0.15, 0.2) is 61.2 Å². The molecule has 5 rings (SSSR count). The summed E-state index contributed by atoms with van der Waals surface area (Å²) in [5, 5.41) is 8.54. The highest BCUT2D eigenvalue weighted by Crippen LogP contribution is 2.39. The molecule has 37 heavy (non-hydrogen) atoms. The standard InChI is InChI=1S/C24H18F4N8O/c1-36-12-33-22-20(36)19(31-11-32-22)15-3-2-7-30-21(15)34-14-4-5-16(25)17(10-14)35-23(37)18-9-13(6-8-29-18)24(26,27)28/h2-11H,12H2,1H3,(H,30,34)(H,35,37)(H,31,32,33). The Balaban J connectivity index is 1.42. The quantitative estimate of drug-likeness (QED) is 0.325. The van der Waals surface area contributed by atoms with E-state index >= 15 is 0 Å². The number of amides is 1. The average molecular weight is 510 g/mol. The normalized spacial score (nSPS) is 12.6. The third kappa shape index (κ3) is 4.83. The van der Waals surface area contributed by atoms with Gasteiger partial charge in [0.05, 0.1) is 17.9 Å². The number of aromatic nitrogens is 4. The van der Waals surface area contributed by atoms with E-state index in [1.54, 1.807) is 12.3 Å². The zero-order valence-corrected chi connectivity index (χ0v) is 19.1. The van der Waals surface area contributed by atoms with Crippen LogP contribution in [-0.2, 0) is 6.18 Å². The summed E-state index contributed by atoms with van der Waals surface area (Å²) in [5.74, 6) is -0.689. The minimum Gasteiger partial charge on any atom is -0.352 e. The number of nitrogens with zero attached hydrogens (tertiary/aromatic N) is 5. The summed E-state index contributed by atoms with van der Waals surface area (Å²) in [4.78, 5) is 31.2. The molecule has 0 atom stereocenters. The van der Waals surface area contributed by atoms with Crippen molar-refractivity contribution in [3.8, 4) is 11.3 Å². The monoisotopic (exact) mass is 510 g/mol. The summed E-state index contributed by atoms with van der Waals surface area (Å²) in [6, 6.07) is 8.75. The van der Waals surface area contributed by atoms with Crippen LogP contribution in [0.1, 0.15) is 16.1 Å². The Morgan fingerprint density at radius 2 is 1.89 bits per heavy atom. The zero-order chi connectivity index (χ0) is 26.2. The van der Waals surface area contributed by atoms with E-state index in [-0.39, 0.29) is 5.69 Å². The molecule has 0 radical (unpaired) electrons. The fourth-order valence-electron chi connectivity index (χ4n) is 3.79. The number of hydrogen-bond acceptors (Lipinski definition) is 8. The molecule has 4 aromatic rings. The van der Waals surface area contributed by atoms with Gasteiger partial charge >= 0.3 is 6.18 Å². The maximum atomic E-state index is 14.5. The van der Waals surface area contributed by atoms with Gasteiger partial charge in [-0.05, 0) is 42.5 Å². The number of alkyl halides is 3. The summed E-state index contributed by atoms with van der Waals surface area (Å²) in [7, 11) is 1.89. The second-order valence-electron chi connectivity index (χ2n) is 8.05. The Bertz CT molecular complexity index is 1490. The lowest BCUT2D eigenvalue weighted by atomic mass is 10.1. The average Bonchev–Trinajstić information content (AvgIpc) is 3.27. The minimum absolute atomic E-state index is 0.251. The summed E-state index contributed by atoms with van der Waals surface area (Å²) in [6.07, 6.45) is -0.779. The molecule has 0 aliphatic carbocycles. The summed E-state index contributed by atoms with van der Waals surface area (Å²) in [5.41, 5.74) is 0.640. The first-order chi connectivity index (χ1) is 17.7. The Hall–Kier alpha value is -4.81. The molecule has 0 unspecified atom stereocenters.